The number of hydrogen-bond donors (Lipinski definition) is 0. The van der Waals surface area contributed by atoms with Crippen molar-refractivity contribution < 1.29 is 4.74 Å². The van der Waals surface area contributed by atoms with E-state index in [0.29, 0.717) is 17.2 Å². The average Bonchev–Trinajstić information content (AvgIpc) is 2.84. The molecule has 22 heavy (non-hydrogen) atoms. The highest BCUT2D eigenvalue weighted by molar-refractivity contribution is 8.00. The monoisotopic (exact) mass is 313 g/mol. The van der Waals surface area contributed by atoms with Crippen molar-refractivity contribution >= 4 is 17.4 Å². The van der Waals surface area contributed by atoms with Gasteiger partial charge in [-0.15, -0.1) is 11.8 Å². The lowest BCUT2D eigenvalue weighted by Crippen LogP contribution is -2.31. The summed E-state index contributed by atoms with van der Waals surface area (Å²) in [5.41, 5.74) is 1.29. The minimum Gasteiger partial charge on any atom is -0.497 e. The Morgan fingerprint density at radius 1 is 1.00 bits per heavy atom. The number of anilines is 1. The van der Waals surface area contributed by atoms with Gasteiger partial charge in [0.05, 0.1) is 7.11 Å². The number of thioether (sulfide) groups is 1. The van der Waals surface area contributed by atoms with Crippen molar-refractivity contribution in [3.63, 3.8) is 0 Å². The predicted molar refractivity (Wildman–Crippen MR) is 95.1 cm³/mol. The van der Waals surface area contributed by atoms with Crippen LogP contribution in [0.3, 0.4) is 0 Å². The van der Waals surface area contributed by atoms with Crippen LogP contribution in [0.15, 0.2) is 59.5 Å². The summed E-state index contributed by atoms with van der Waals surface area (Å²) in [6.45, 7) is 5.81. The zero-order valence-corrected chi connectivity index (χ0v) is 14.2. The molecular formula is C19H23NOS. The third-order valence-corrected chi connectivity index (χ3v) is 6.11. The molecule has 0 N–H and O–H groups in total. The summed E-state index contributed by atoms with van der Waals surface area (Å²) in [5, 5.41) is 0.615. The summed E-state index contributed by atoms with van der Waals surface area (Å²) < 4.78 is 5.26. The second-order valence-electron chi connectivity index (χ2n) is 5.96. The molecule has 2 aromatic rings. The molecule has 3 rings (SSSR count). The lowest BCUT2D eigenvalue weighted by molar-refractivity contribution is 0.415. The second-order valence-corrected chi connectivity index (χ2v) is 7.22. The second kappa shape index (κ2) is 6.66. The molecule has 1 aliphatic heterocycles. The van der Waals surface area contributed by atoms with E-state index in [4.69, 9.17) is 4.74 Å². The van der Waals surface area contributed by atoms with Crippen LogP contribution in [0, 0.1) is 5.92 Å². The highest BCUT2D eigenvalue weighted by Gasteiger charge is 2.37. The van der Waals surface area contributed by atoms with Crippen molar-refractivity contribution in [2.75, 3.05) is 18.6 Å². The van der Waals surface area contributed by atoms with Gasteiger partial charge in [-0.3, -0.25) is 0 Å². The van der Waals surface area contributed by atoms with Gasteiger partial charge < -0.3 is 9.64 Å². The van der Waals surface area contributed by atoms with Gasteiger partial charge in [-0.2, -0.15) is 0 Å². The summed E-state index contributed by atoms with van der Waals surface area (Å²) in [7, 11) is 1.71. The molecule has 3 heteroatoms. The smallest absolute Gasteiger partial charge is 0.119 e. The minimum absolute atomic E-state index is 0.522. The van der Waals surface area contributed by atoms with Crippen molar-refractivity contribution in [3.05, 3.63) is 54.6 Å². The number of ether oxygens (including phenoxy) is 1. The maximum Gasteiger partial charge on any atom is 0.119 e. The molecule has 0 radical (unpaired) electrons. The quantitative estimate of drug-likeness (QED) is 0.812. The Morgan fingerprint density at radius 2 is 1.68 bits per heavy atom. The first-order valence-corrected chi connectivity index (χ1v) is 8.69. The average molecular weight is 313 g/mol. The fraction of sp³-hybridized carbons (Fsp3) is 0.368. The molecule has 0 spiro atoms. The van der Waals surface area contributed by atoms with Gasteiger partial charge in [0.25, 0.3) is 0 Å². The van der Waals surface area contributed by atoms with Gasteiger partial charge in [-0.05, 0) is 49.2 Å². The maximum atomic E-state index is 5.26. The van der Waals surface area contributed by atoms with Crippen LogP contribution in [-0.4, -0.2) is 24.9 Å². The fourth-order valence-electron chi connectivity index (χ4n) is 3.22. The zero-order valence-electron chi connectivity index (χ0n) is 13.4. The van der Waals surface area contributed by atoms with E-state index in [1.165, 1.54) is 10.6 Å². The van der Waals surface area contributed by atoms with Crippen molar-refractivity contribution in [2.45, 2.75) is 30.0 Å². The molecule has 2 aromatic carbocycles. The highest BCUT2D eigenvalue weighted by atomic mass is 32.2. The van der Waals surface area contributed by atoms with Crippen LogP contribution < -0.4 is 9.64 Å². The molecular weight excluding hydrogens is 290 g/mol. The van der Waals surface area contributed by atoms with E-state index >= 15 is 0 Å². The molecule has 0 unspecified atom stereocenters. The summed E-state index contributed by atoms with van der Waals surface area (Å²) in [5.74, 6) is 1.58. The molecule has 2 nitrogen and oxygen atoms in total. The normalized spacial score (nSPS) is 24.5. The van der Waals surface area contributed by atoms with E-state index in [1.54, 1.807) is 7.11 Å². The van der Waals surface area contributed by atoms with Gasteiger partial charge in [-0.1, -0.05) is 25.1 Å². The Morgan fingerprint density at radius 3 is 2.32 bits per heavy atom. The molecule has 3 atom stereocenters. The highest BCUT2D eigenvalue weighted by Crippen LogP contribution is 2.39. The van der Waals surface area contributed by atoms with Crippen LogP contribution >= 0.6 is 11.8 Å². The maximum absolute atomic E-state index is 5.26. The van der Waals surface area contributed by atoms with E-state index < -0.39 is 0 Å². The van der Waals surface area contributed by atoms with Crippen molar-refractivity contribution in [2.24, 2.45) is 5.92 Å². The predicted octanol–water partition coefficient (Wildman–Crippen LogP) is 4.70. The fourth-order valence-corrected chi connectivity index (χ4v) is 4.51. The third kappa shape index (κ3) is 3.09. The lowest BCUT2D eigenvalue weighted by Gasteiger charge is -2.26. The van der Waals surface area contributed by atoms with Gasteiger partial charge in [0.15, 0.2) is 0 Å². The molecule has 0 bridgehead atoms. The van der Waals surface area contributed by atoms with E-state index in [2.05, 4.69) is 61.2 Å². The molecule has 0 amide bonds. The number of nitrogens with zero attached hydrogens (tertiary/aromatic N) is 1. The number of hydrogen-bond acceptors (Lipinski definition) is 3. The molecule has 1 fully saturated rings. The first-order chi connectivity index (χ1) is 10.7. The Balaban J connectivity index is 1.75. The van der Waals surface area contributed by atoms with Crippen molar-refractivity contribution in [1.82, 2.24) is 0 Å². The number of benzene rings is 2. The van der Waals surface area contributed by atoms with E-state index in [1.807, 2.05) is 23.9 Å². The minimum atomic E-state index is 0.522. The Kier molecular flexibility index (Phi) is 4.63. The molecule has 116 valence electrons. The van der Waals surface area contributed by atoms with E-state index in [-0.39, 0.29) is 0 Å². The first kappa shape index (κ1) is 15.3. The van der Waals surface area contributed by atoms with E-state index in [9.17, 15) is 0 Å². The Hall–Kier alpha value is -1.61. The van der Waals surface area contributed by atoms with Gasteiger partial charge in [0.2, 0.25) is 0 Å². The zero-order chi connectivity index (χ0) is 15.5. The van der Waals surface area contributed by atoms with Gasteiger partial charge >= 0.3 is 0 Å². The Labute approximate surface area is 137 Å². The summed E-state index contributed by atoms with van der Waals surface area (Å²) in [6.07, 6.45) is 0. The first-order valence-electron chi connectivity index (χ1n) is 7.81. The van der Waals surface area contributed by atoms with Crippen LogP contribution in [0.1, 0.15) is 13.8 Å². The van der Waals surface area contributed by atoms with Gasteiger partial charge in [0, 0.05) is 28.4 Å². The standard InChI is InChI=1S/C19H23NOS/c1-14-13-20(16-9-11-17(21-3)12-10-16)15(2)19(14)22-18-7-5-4-6-8-18/h4-12,14-15,19H,13H2,1-3H3/t14-,15+,19-/m1/s1. The molecule has 1 aliphatic rings. The summed E-state index contributed by atoms with van der Waals surface area (Å²) in [6, 6.07) is 19.7. The summed E-state index contributed by atoms with van der Waals surface area (Å²) in [4.78, 5) is 3.88. The molecule has 0 saturated carbocycles. The number of methoxy groups -OCH3 is 1. The largest absolute Gasteiger partial charge is 0.497 e. The van der Waals surface area contributed by atoms with Crippen LogP contribution in [0.2, 0.25) is 0 Å². The van der Waals surface area contributed by atoms with Crippen LogP contribution in [0.25, 0.3) is 0 Å². The molecule has 0 aliphatic carbocycles. The van der Waals surface area contributed by atoms with Crippen molar-refractivity contribution in [1.29, 1.82) is 0 Å². The van der Waals surface area contributed by atoms with Crippen LogP contribution in [0.5, 0.6) is 5.75 Å². The SMILES string of the molecule is COc1ccc(N2C[C@@H](C)[C@@H](Sc3ccccc3)[C@@H]2C)cc1. The topological polar surface area (TPSA) is 12.5 Å². The van der Waals surface area contributed by atoms with Crippen LogP contribution in [0.4, 0.5) is 5.69 Å². The molecule has 0 aromatic heterocycles. The Bertz CT molecular complexity index is 599. The molecule has 1 heterocycles. The van der Waals surface area contributed by atoms with Gasteiger partial charge in [0.1, 0.15) is 5.75 Å². The summed E-state index contributed by atoms with van der Waals surface area (Å²) >= 11 is 2.01. The van der Waals surface area contributed by atoms with Gasteiger partial charge in [-0.25, -0.2) is 0 Å². The lowest BCUT2D eigenvalue weighted by atomic mass is 10.1. The van der Waals surface area contributed by atoms with E-state index in [0.717, 1.165) is 12.3 Å². The third-order valence-electron chi connectivity index (χ3n) is 4.43. The molecule has 1 saturated heterocycles. The van der Waals surface area contributed by atoms with Crippen LogP contribution in [-0.2, 0) is 0 Å². The van der Waals surface area contributed by atoms with Crippen molar-refractivity contribution in [3.8, 4) is 5.75 Å². The number of rotatable bonds is 4.